The predicted octanol–water partition coefficient (Wildman–Crippen LogP) is 3.33. The van der Waals surface area contributed by atoms with E-state index in [9.17, 15) is 4.79 Å². The first-order valence-corrected chi connectivity index (χ1v) is 7.03. The van der Waals surface area contributed by atoms with E-state index < -0.39 is 5.97 Å². The minimum absolute atomic E-state index is 0.0911. The molecule has 0 saturated carbocycles. The molecule has 0 radical (unpaired) electrons. The van der Waals surface area contributed by atoms with E-state index in [0.717, 1.165) is 19.4 Å². The SMILES string of the molecule is CCc1ccc(N2CCC(CC(=O)O)C2(C)C)cc1. The van der Waals surface area contributed by atoms with Gasteiger partial charge in [-0.25, -0.2) is 0 Å². The molecule has 3 heteroatoms. The van der Waals surface area contributed by atoms with Gasteiger partial charge in [-0.2, -0.15) is 0 Å². The third-order valence-corrected chi connectivity index (χ3v) is 4.47. The van der Waals surface area contributed by atoms with Crippen LogP contribution in [-0.2, 0) is 11.2 Å². The molecule has 0 spiro atoms. The molecule has 0 aliphatic carbocycles. The molecule has 1 fully saturated rings. The first-order chi connectivity index (χ1) is 8.95. The van der Waals surface area contributed by atoms with Crippen molar-refractivity contribution in [1.82, 2.24) is 0 Å². The monoisotopic (exact) mass is 261 g/mol. The standard InChI is InChI=1S/C16H23NO2/c1-4-12-5-7-14(8-6-12)17-10-9-13(11-15(18)19)16(17,2)3/h5-8,13H,4,9-11H2,1-3H3,(H,18,19). The average Bonchev–Trinajstić information content (AvgIpc) is 2.65. The predicted molar refractivity (Wildman–Crippen MR) is 77.6 cm³/mol. The summed E-state index contributed by atoms with van der Waals surface area (Å²) in [6.07, 6.45) is 2.26. The van der Waals surface area contributed by atoms with Crippen LogP contribution in [-0.4, -0.2) is 23.2 Å². The maximum atomic E-state index is 11.0. The zero-order chi connectivity index (χ0) is 14.0. The molecule has 1 atom stereocenters. The number of hydrogen-bond acceptors (Lipinski definition) is 2. The Kier molecular flexibility index (Phi) is 3.83. The third kappa shape index (κ3) is 2.75. The van der Waals surface area contributed by atoms with E-state index in [1.54, 1.807) is 0 Å². The molecule has 0 amide bonds. The van der Waals surface area contributed by atoms with E-state index in [4.69, 9.17) is 5.11 Å². The normalized spacial score (nSPS) is 21.6. The van der Waals surface area contributed by atoms with Crippen molar-refractivity contribution in [2.24, 2.45) is 5.92 Å². The van der Waals surface area contributed by atoms with Crippen molar-refractivity contribution in [1.29, 1.82) is 0 Å². The Morgan fingerprint density at radius 2 is 2.00 bits per heavy atom. The second-order valence-corrected chi connectivity index (χ2v) is 5.91. The molecule has 1 aliphatic rings. The first kappa shape index (κ1) is 13.9. The van der Waals surface area contributed by atoms with Crippen LogP contribution in [0.25, 0.3) is 0 Å². The number of anilines is 1. The Hall–Kier alpha value is -1.51. The quantitative estimate of drug-likeness (QED) is 0.903. The number of rotatable bonds is 4. The number of aliphatic carboxylic acids is 1. The summed E-state index contributed by atoms with van der Waals surface area (Å²) in [6, 6.07) is 8.64. The zero-order valence-corrected chi connectivity index (χ0v) is 12.0. The van der Waals surface area contributed by atoms with Gasteiger partial charge in [0.1, 0.15) is 0 Å². The van der Waals surface area contributed by atoms with Crippen molar-refractivity contribution in [3.8, 4) is 0 Å². The molecule has 0 aromatic heterocycles. The number of nitrogens with zero attached hydrogens (tertiary/aromatic N) is 1. The molecular formula is C16H23NO2. The summed E-state index contributed by atoms with van der Waals surface area (Å²) < 4.78 is 0. The van der Waals surface area contributed by atoms with E-state index in [-0.39, 0.29) is 17.9 Å². The minimum Gasteiger partial charge on any atom is -0.481 e. The van der Waals surface area contributed by atoms with E-state index >= 15 is 0 Å². The minimum atomic E-state index is -0.693. The van der Waals surface area contributed by atoms with Crippen molar-refractivity contribution < 1.29 is 9.90 Å². The van der Waals surface area contributed by atoms with Crippen LogP contribution in [0.1, 0.15) is 39.2 Å². The molecule has 3 nitrogen and oxygen atoms in total. The molecule has 104 valence electrons. The number of carbonyl (C=O) groups is 1. The number of carboxylic acids is 1. The van der Waals surface area contributed by atoms with Gasteiger partial charge < -0.3 is 10.0 Å². The Morgan fingerprint density at radius 3 is 2.53 bits per heavy atom. The van der Waals surface area contributed by atoms with Crippen LogP contribution in [0.3, 0.4) is 0 Å². The molecule has 1 heterocycles. The smallest absolute Gasteiger partial charge is 0.303 e. The van der Waals surface area contributed by atoms with Gasteiger partial charge in [0.25, 0.3) is 0 Å². The second kappa shape index (κ2) is 5.24. The maximum absolute atomic E-state index is 11.0. The molecule has 19 heavy (non-hydrogen) atoms. The number of benzene rings is 1. The molecule has 1 aliphatic heterocycles. The van der Waals surface area contributed by atoms with Crippen molar-refractivity contribution in [2.45, 2.75) is 45.6 Å². The highest BCUT2D eigenvalue weighted by atomic mass is 16.4. The number of carboxylic acid groups (broad SMARTS) is 1. The van der Waals surface area contributed by atoms with E-state index in [2.05, 4.69) is 49.9 Å². The van der Waals surface area contributed by atoms with Gasteiger partial charge in [0, 0.05) is 17.8 Å². The molecule has 0 bridgehead atoms. The van der Waals surface area contributed by atoms with E-state index in [1.165, 1.54) is 11.3 Å². The average molecular weight is 261 g/mol. The van der Waals surface area contributed by atoms with Gasteiger partial charge in [-0.1, -0.05) is 19.1 Å². The van der Waals surface area contributed by atoms with Gasteiger partial charge in [0.15, 0.2) is 0 Å². The fourth-order valence-corrected chi connectivity index (χ4v) is 3.08. The van der Waals surface area contributed by atoms with Gasteiger partial charge in [-0.15, -0.1) is 0 Å². The summed E-state index contributed by atoms with van der Waals surface area (Å²) in [4.78, 5) is 13.3. The van der Waals surface area contributed by atoms with Crippen LogP contribution >= 0.6 is 0 Å². The Morgan fingerprint density at radius 1 is 1.37 bits per heavy atom. The van der Waals surface area contributed by atoms with Crippen LogP contribution < -0.4 is 4.90 Å². The lowest BCUT2D eigenvalue weighted by Gasteiger charge is -2.37. The molecule has 1 aromatic carbocycles. The number of aryl methyl sites for hydroxylation is 1. The Balaban J connectivity index is 2.18. The van der Waals surface area contributed by atoms with Gasteiger partial charge in [0.2, 0.25) is 0 Å². The fourth-order valence-electron chi connectivity index (χ4n) is 3.08. The molecular weight excluding hydrogens is 238 g/mol. The topological polar surface area (TPSA) is 40.5 Å². The zero-order valence-electron chi connectivity index (χ0n) is 12.0. The maximum Gasteiger partial charge on any atom is 0.303 e. The van der Waals surface area contributed by atoms with Crippen LogP contribution in [0.5, 0.6) is 0 Å². The fraction of sp³-hybridized carbons (Fsp3) is 0.562. The van der Waals surface area contributed by atoms with Crippen LogP contribution in [0.2, 0.25) is 0 Å². The summed E-state index contributed by atoms with van der Waals surface area (Å²) in [5.41, 5.74) is 2.45. The van der Waals surface area contributed by atoms with E-state index in [1.807, 2.05) is 0 Å². The van der Waals surface area contributed by atoms with Crippen molar-refractivity contribution >= 4 is 11.7 Å². The van der Waals surface area contributed by atoms with Gasteiger partial charge >= 0.3 is 5.97 Å². The van der Waals surface area contributed by atoms with Crippen LogP contribution in [0.15, 0.2) is 24.3 Å². The third-order valence-electron chi connectivity index (χ3n) is 4.47. The van der Waals surface area contributed by atoms with Gasteiger partial charge in [-0.3, -0.25) is 4.79 Å². The lowest BCUT2D eigenvalue weighted by atomic mass is 9.85. The summed E-state index contributed by atoms with van der Waals surface area (Å²) >= 11 is 0. The highest BCUT2D eigenvalue weighted by molar-refractivity contribution is 5.68. The van der Waals surface area contributed by atoms with Crippen molar-refractivity contribution in [3.05, 3.63) is 29.8 Å². The largest absolute Gasteiger partial charge is 0.481 e. The lowest BCUT2D eigenvalue weighted by Crippen LogP contribution is -2.43. The highest BCUT2D eigenvalue weighted by Crippen LogP contribution is 2.39. The van der Waals surface area contributed by atoms with Gasteiger partial charge in [-0.05, 0) is 50.3 Å². The number of hydrogen-bond donors (Lipinski definition) is 1. The summed E-state index contributed by atoms with van der Waals surface area (Å²) in [6.45, 7) is 7.40. The van der Waals surface area contributed by atoms with Crippen molar-refractivity contribution in [2.75, 3.05) is 11.4 Å². The summed E-state index contributed by atoms with van der Waals surface area (Å²) in [5, 5.41) is 9.01. The summed E-state index contributed by atoms with van der Waals surface area (Å²) in [5.74, 6) is -0.475. The van der Waals surface area contributed by atoms with Gasteiger partial charge in [0.05, 0.1) is 6.42 Å². The molecule has 1 unspecified atom stereocenters. The molecule has 2 rings (SSSR count). The summed E-state index contributed by atoms with van der Waals surface area (Å²) in [7, 11) is 0. The van der Waals surface area contributed by atoms with Crippen LogP contribution in [0, 0.1) is 5.92 Å². The Bertz CT molecular complexity index is 450. The lowest BCUT2D eigenvalue weighted by molar-refractivity contribution is -0.138. The molecule has 1 saturated heterocycles. The van der Waals surface area contributed by atoms with Crippen molar-refractivity contribution in [3.63, 3.8) is 0 Å². The van der Waals surface area contributed by atoms with Crippen LogP contribution in [0.4, 0.5) is 5.69 Å². The Labute approximate surface area is 115 Å². The first-order valence-electron chi connectivity index (χ1n) is 7.03. The molecule has 1 aromatic rings. The second-order valence-electron chi connectivity index (χ2n) is 5.91. The molecule has 1 N–H and O–H groups in total. The highest BCUT2D eigenvalue weighted by Gasteiger charge is 2.42. The van der Waals surface area contributed by atoms with E-state index in [0.29, 0.717) is 0 Å².